The van der Waals surface area contributed by atoms with Crippen LogP contribution in [0.25, 0.3) is 0 Å². The molecule has 0 spiro atoms. The van der Waals surface area contributed by atoms with Crippen LogP contribution in [0.1, 0.15) is 28.8 Å². The Morgan fingerprint density at radius 3 is 2.58 bits per heavy atom. The maximum Gasteiger partial charge on any atom is 0.289 e. The van der Waals surface area contributed by atoms with Gasteiger partial charge in [-0.15, -0.1) is 11.3 Å². The van der Waals surface area contributed by atoms with Crippen molar-refractivity contribution in [2.75, 3.05) is 38.0 Å². The third-order valence-electron chi connectivity index (χ3n) is 5.91. The van der Waals surface area contributed by atoms with Crippen LogP contribution >= 0.6 is 11.3 Å². The molecule has 1 N–H and O–H groups in total. The monoisotopic (exact) mass is 489 g/mol. The van der Waals surface area contributed by atoms with Gasteiger partial charge in [-0.2, -0.15) is 9.57 Å². The number of piperazine rings is 1. The summed E-state index contributed by atoms with van der Waals surface area (Å²) in [7, 11) is -4.02. The molecule has 1 aliphatic heterocycles. The predicted octanol–water partition coefficient (Wildman–Crippen LogP) is 2.35. The summed E-state index contributed by atoms with van der Waals surface area (Å²) in [4.78, 5) is 25.8. The van der Waals surface area contributed by atoms with Crippen molar-refractivity contribution in [3.8, 4) is 6.07 Å². The van der Waals surface area contributed by atoms with E-state index in [0.29, 0.717) is 23.7 Å². The first-order chi connectivity index (χ1) is 15.8. The van der Waals surface area contributed by atoms with Gasteiger partial charge < -0.3 is 5.32 Å². The summed E-state index contributed by atoms with van der Waals surface area (Å²) < 4.78 is 27.1. The van der Waals surface area contributed by atoms with Crippen LogP contribution < -0.4 is 5.32 Å². The second kappa shape index (κ2) is 9.56. The van der Waals surface area contributed by atoms with E-state index in [1.165, 1.54) is 44.8 Å². The van der Waals surface area contributed by atoms with E-state index < -0.39 is 20.6 Å². The van der Waals surface area contributed by atoms with E-state index in [2.05, 4.69) is 11.4 Å². The second-order valence-electron chi connectivity index (χ2n) is 7.98. The summed E-state index contributed by atoms with van der Waals surface area (Å²) >= 11 is 1.47. The number of nitro groups is 1. The number of para-hydroxylation sites is 1. The van der Waals surface area contributed by atoms with Gasteiger partial charge >= 0.3 is 0 Å². The highest BCUT2D eigenvalue weighted by molar-refractivity contribution is 7.89. The Bertz CT molecular complexity index is 1230. The number of carbonyl (C=O) groups is 1. The zero-order valence-corrected chi connectivity index (χ0v) is 19.5. The lowest BCUT2D eigenvalue weighted by Crippen LogP contribution is -2.50. The summed E-state index contributed by atoms with van der Waals surface area (Å²) in [5, 5.41) is 24.2. The van der Waals surface area contributed by atoms with Crippen LogP contribution in [-0.2, 0) is 27.7 Å². The quantitative estimate of drug-likeness (QED) is 0.486. The molecule has 174 valence electrons. The fourth-order valence-corrected chi connectivity index (χ4v) is 7.07. The number of nitriles is 1. The second-order valence-corrected chi connectivity index (χ2v) is 11.0. The van der Waals surface area contributed by atoms with Crippen molar-refractivity contribution in [2.45, 2.75) is 30.6 Å². The average molecular weight is 490 g/mol. The van der Waals surface area contributed by atoms with Crippen molar-refractivity contribution in [1.82, 2.24) is 9.21 Å². The smallest absolute Gasteiger partial charge is 0.289 e. The molecule has 2 aliphatic rings. The first-order valence-electron chi connectivity index (χ1n) is 10.6. The van der Waals surface area contributed by atoms with Crippen LogP contribution in [0.2, 0.25) is 0 Å². The molecular formula is C21H23N5O5S2. The summed E-state index contributed by atoms with van der Waals surface area (Å²) in [5.41, 5.74) is 1.16. The molecule has 2 heterocycles. The zero-order chi connectivity index (χ0) is 23.6. The maximum atomic E-state index is 12.9. The number of hydrogen-bond acceptors (Lipinski definition) is 8. The standard InChI is InChI=1S/C21H23N5O5S2/c22-13-16-15-5-1-3-7-18(15)32-21(16)23-20(27)14-24-9-11-25(12-10-24)33(30,31)19-8-4-2-6-17(19)26(28)29/h2,4,6,8H,1,3,5,7,9-12,14H2,(H,23,27). The SMILES string of the molecule is N#Cc1c(NC(=O)CN2CCN(S(=O)(=O)c3ccccc3[N+](=O)[O-])CC2)sc2c1CCCC2. The third kappa shape index (κ3) is 4.77. The molecule has 1 saturated heterocycles. The van der Waals surface area contributed by atoms with Crippen molar-refractivity contribution >= 4 is 38.0 Å². The first-order valence-corrected chi connectivity index (χ1v) is 12.9. The number of rotatable bonds is 6. The number of carbonyl (C=O) groups excluding carboxylic acids is 1. The van der Waals surface area contributed by atoms with E-state index in [-0.39, 0.29) is 30.4 Å². The van der Waals surface area contributed by atoms with Gasteiger partial charge in [0.15, 0.2) is 4.90 Å². The minimum atomic E-state index is -4.02. The lowest BCUT2D eigenvalue weighted by atomic mass is 9.96. The van der Waals surface area contributed by atoms with Crippen molar-refractivity contribution in [2.24, 2.45) is 0 Å². The fraction of sp³-hybridized carbons (Fsp3) is 0.429. The van der Waals surface area contributed by atoms with Gasteiger partial charge in [0.05, 0.1) is 17.0 Å². The Kier molecular flexibility index (Phi) is 6.76. The fourth-order valence-electron chi connectivity index (χ4n) is 4.23. The van der Waals surface area contributed by atoms with Crippen LogP contribution in [-0.4, -0.2) is 61.2 Å². The molecule has 1 amide bonds. The Morgan fingerprint density at radius 2 is 1.88 bits per heavy atom. The van der Waals surface area contributed by atoms with Crippen molar-refractivity contribution in [3.63, 3.8) is 0 Å². The molecule has 2 aromatic rings. The number of hydrogen-bond donors (Lipinski definition) is 1. The lowest BCUT2D eigenvalue weighted by Gasteiger charge is -2.33. The summed E-state index contributed by atoms with van der Waals surface area (Å²) in [6.07, 6.45) is 3.93. The summed E-state index contributed by atoms with van der Waals surface area (Å²) in [6, 6.07) is 7.52. The first kappa shape index (κ1) is 23.3. The van der Waals surface area contributed by atoms with Gasteiger partial charge in [0.1, 0.15) is 11.1 Å². The highest BCUT2D eigenvalue weighted by Crippen LogP contribution is 2.37. The topological polar surface area (TPSA) is 137 Å². The highest BCUT2D eigenvalue weighted by Gasteiger charge is 2.34. The van der Waals surface area contributed by atoms with Crippen molar-refractivity contribution in [3.05, 3.63) is 50.4 Å². The highest BCUT2D eigenvalue weighted by atomic mass is 32.2. The number of nitro benzene ring substituents is 1. The van der Waals surface area contributed by atoms with E-state index in [4.69, 9.17) is 0 Å². The van der Waals surface area contributed by atoms with E-state index in [0.717, 1.165) is 31.2 Å². The molecule has 1 aliphatic carbocycles. The van der Waals surface area contributed by atoms with E-state index in [1.54, 1.807) is 0 Å². The minimum absolute atomic E-state index is 0.0762. The maximum absolute atomic E-state index is 12.9. The molecule has 4 rings (SSSR count). The predicted molar refractivity (Wildman–Crippen MR) is 123 cm³/mol. The van der Waals surface area contributed by atoms with Crippen LogP contribution in [0.15, 0.2) is 29.2 Å². The molecule has 1 aromatic carbocycles. The average Bonchev–Trinajstić information content (AvgIpc) is 3.16. The van der Waals surface area contributed by atoms with Gasteiger partial charge in [-0.3, -0.25) is 19.8 Å². The number of nitrogens with zero attached hydrogens (tertiary/aromatic N) is 4. The lowest BCUT2D eigenvalue weighted by molar-refractivity contribution is -0.387. The van der Waals surface area contributed by atoms with E-state index >= 15 is 0 Å². The van der Waals surface area contributed by atoms with Crippen LogP contribution in [0.3, 0.4) is 0 Å². The summed E-state index contributed by atoms with van der Waals surface area (Å²) in [6.45, 7) is 0.961. The largest absolute Gasteiger partial charge is 0.315 e. The molecule has 1 fully saturated rings. The Labute approximate surface area is 195 Å². The number of amides is 1. The minimum Gasteiger partial charge on any atom is -0.315 e. The molecule has 1 aromatic heterocycles. The molecule has 0 radical (unpaired) electrons. The van der Waals surface area contributed by atoms with Crippen LogP contribution in [0, 0.1) is 21.4 Å². The number of fused-ring (bicyclic) bond motifs is 1. The Balaban J connectivity index is 1.37. The van der Waals surface area contributed by atoms with Crippen molar-refractivity contribution < 1.29 is 18.1 Å². The number of aryl methyl sites for hydroxylation is 1. The normalized spacial score (nSPS) is 17.2. The van der Waals surface area contributed by atoms with Gasteiger partial charge in [-0.05, 0) is 37.3 Å². The number of thiophene rings is 1. The number of sulfonamides is 1. The number of anilines is 1. The molecule has 10 nitrogen and oxygen atoms in total. The molecule has 33 heavy (non-hydrogen) atoms. The van der Waals surface area contributed by atoms with E-state index in [1.807, 2.05) is 4.90 Å². The van der Waals surface area contributed by atoms with Crippen molar-refractivity contribution in [1.29, 1.82) is 5.26 Å². The van der Waals surface area contributed by atoms with Crippen LogP contribution in [0.5, 0.6) is 0 Å². The zero-order valence-electron chi connectivity index (χ0n) is 17.8. The third-order valence-corrected chi connectivity index (χ3v) is 9.07. The molecule has 12 heteroatoms. The Morgan fingerprint density at radius 1 is 1.18 bits per heavy atom. The number of nitrogens with one attached hydrogen (secondary N) is 1. The van der Waals surface area contributed by atoms with Gasteiger partial charge in [0.25, 0.3) is 5.69 Å². The van der Waals surface area contributed by atoms with Gasteiger partial charge in [-0.1, -0.05) is 12.1 Å². The molecule has 0 unspecified atom stereocenters. The van der Waals surface area contributed by atoms with Crippen LogP contribution in [0.4, 0.5) is 10.7 Å². The summed E-state index contributed by atoms with van der Waals surface area (Å²) in [5.74, 6) is -0.250. The molecule has 0 saturated carbocycles. The Hall–Kier alpha value is -2.85. The molecular weight excluding hydrogens is 466 g/mol. The van der Waals surface area contributed by atoms with E-state index in [9.17, 15) is 28.6 Å². The number of benzene rings is 1. The van der Waals surface area contributed by atoms with Gasteiger partial charge in [-0.25, -0.2) is 8.42 Å². The van der Waals surface area contributed by atoms with Gasteiger partial charge in [0.2, 0.25) is 15.9 Å². The molecule has 0 bridgehead atoms. The molecule has 0 atom stereocenters. The van der Waals surface area contributed by atoms with Gasteiger partial charge in [0, 0.05) is 37.1 Å².